The fourth-order valence-corrected chi connectivity index (χ4v) is 1.51. The first kappa shape index (κ1) is 7.35. The Hall–Kier alpha value is -1.31. The van der Waals surface area contributed by atoms with E-state index in [0.717, 1.165) is 16.6 Å². The van der Waals surface area contributed by atoms with Crippen molar-refractivity contribution in [1.82, 2.24) is 4.98 Å². The third-order valence-corrected chi connectivity index (χ3v) is 2.07. The zero-order valence-electron chi connectivity index (χ0n) is 7.11. The van der Waals surface area contributed by atoms with Crippen LogP contribution in [0.25, 0.3) is 10.9 Å². The summed E-state index contributed by atoms with van der Waals surface area (Å²) in [5.74, 6) is -0.135. The van der Waals surface area contributed by atoms with Crippen molar-refractivity contribution >= 4 is 10.9 Å². The molecule has 0 unspecified atom stereocenters. The summed E-state index contributed by atoms with van der Waals surface area (Å²) in [7, 11) is 0. The maximum atomic E-state index is 13.3. The van der Waals surface area contributed by atoms with Gasteiger partial charge in [-0.1, -0.05) is 0 Å². The highest BCUT2D eigenvalue weighted by atomic mass is 19.1. The molecule has 0 spiro atoms. The number of fused-ring (bicyclic) bond motifs is 1. The van der Waals surface area contributed by atoms with E-state index in [4.69, 9.17) is 0 Å². The van der Waals surface area contributed by atoms with Crippen LogP contribution in [-0.2, 0) is 0 Å². The molecular formula is C10H10FN. The molecule has 12 heavy (non-hydrogen) atoms. The van der Waals surface area contributed by atoms with Crippen LogP contribution in [0, 0.1) is 19.7 Å². The molecule has 0 aliphatic rings. The van der Waals surface area contributed by atoms with Crippen molar-refractivity contribution in [3.63, 3.8) is 0 Å². The summed E-state index contributed by atoms with van der Waals surface area (Å²) in [5.41, 5.74) is 2.79. The number of hydrogen-bond donors (Lipinski definition) is 1. The van der Waals surface area contributed by atoms with Crippen LogP contribution >= 0.6 is 0 Å². The molecular weight excluding hydrogens is 153 g/mol. The fourth-order valence-electron chi connectivity index (χ4n) is 1.51. The minimum atomic E-state index is -0.135. The molecule has 0 saturated carbocycles. The highest BCUT2D eigenvalue weighted by Crippen LogP contribution is 2.22. The van der Waals surface area contributed by atoms with Crippen molar-refractivity contribution in [1.29, 1.82) is 0 Å². The zero-order valence-corrected chi connectivity index (χ0v) is 7.11. The Balaban J connectivity index is 2.93. The minimum Gasteiger partial charge on any atom is -0.361 e. The van der Waals surface area contributed by atoms with Gasteiger partial charge in [0.25, 0.3) is 0 Å². The average Bonchev–Trinajstić information content (AvgIpc) is 2.31. The van der Waals surface area contributed by atoms with Gasteiger partial charge in [0, 0.05) is 17.1 Å². The normalized spacial score (nSPS) is 10.9. The monoisotopic (exact) mass is 163 g/mol. The molecule has 1 aromatic heterocycles. The molecule has 0 amide bonds. The molecule has 1 nitrogen and oxygen atoms in total. The zero-order chi connectivity index (χ0) is 8.72. The molecule has 0 atom stereocenters. The van der Waals surface area contributed by atoms with Gasteiger partial charge in [0.15, 0.2) is 0 Å². The van der Waals surface area contributed by atoms with E-state index < -0.39 is 0 Å². The second-order valence-electron chi connectivity index (χ2n) is 3.14. The molecule has 0 aliphatic heterocycles. The Morgan fingerprint density at radius 3 is 2.75 bits per heavy atom. The highest BCUT2D eigenvalue weighted by Gasteiger charge is 2.05. The maximum absolute atomic E-state index is 13.3. The number of benzene rings is 1. The standard InChI is InChI=1S/C10H10FN/c1-6-3-8(11)10-7(2)5-12-9(10)4-6/h3-5,12H,1-2H3. The van der Waals surface area contributed by atoms with Crippen LogP contribution in [0.2, 0.25) is 0 Å². The second kappa shape index (κ2) is 2.34. The van der Waals surface area contributed by atoms with Gasteiger partial charge in [-0.15, -0.1) is 0 Å². The molecule has 0 fully saturated rings. The van der Waals surface area contributed by atoms with E-state index in [1.54, 1.807) is 6.07 Å². The summed E-state index contributed by atoms with van der Waals surface area (Å²) in [6.07, 6.45) is 1.83. The topological polar surface area (TPSA) is 15.8 Å². The first-order chi connectivity index (χ1) is 5.68. The van der Waals surface area contributed by atoms with E-state index in [2.05, 4.69) is 4.98 Å². The van der Waals surface area contributed by atoms with Gasteiger partial charge >= 0.3 is 0 Å². The van der Waals surface area contributed by atoms with Crippen LogP contribution in [0.3, 0.4) is 0 Å². The molecule has 0 saturated heterocycles. The first-order valence-corrected chi connectivity index (χ1v) is 3.92. The fraction of sp³-hybridized carbons (Fsp3) is 0.200. The minimum absolute atomic E-state index is 0.135. The lowest BCUT2D eigenvalue weighted by atomic mass is 10.1. The molecule has 0 radical (unpaired) electrons. The SMILES string of the molecule is Cc1cc(F)c2c(C)c[nH]c2c1. The van der Waals surface area contributed by atoms with Gasteiger partial charge < -0.3 is 4.98 Å². The molecule has 2 rings (SSSR count). The van der Waals surface area contributed by atoms with E-state index in [-0.39, 0.29) is 5.82 Å². The highest BCUT2D eigenvalue weighted by molar-refractivity contribution is 5.84. The Morgan fingerprint density at radius 2 is 2.00 bits per heavy atom. The van der Waals surface area contributed by atoms with Crippen LogP contribution in [0.5, 0.6) is 0 Å². The second-order valence-corrected chi connectivity index (χ2v) is 3.14. The summed E-state index contributed by atoms with van der Waals surface area (Å²) in [6, 6.07) is 3.51. The number of rotatable bonds is 0. The van der Waals surface area contributed by atoms with Gasteiger partial charge in [-0.05, 0) is 37.1 Å². The lowest BCUT2D eigenvalue weighted by Gasteiger charge is -1.96. The molecule has 1 heterocycles. The molecule has 62 valence electrons. The van der Waals surface area contributed by atoms with E-state index in [0.29, 0.717) is 5.39 Å². The molecule has 0 aliphatic carbocycles. The van der Waals surface area contributed by atoms with Gasteiger partial charge in [-0.3, -0.25) is 0 Å². The predicted octanol–water partition coefficient (Wildman–Crippen LogP) is 2.92. The van der Waals surface area contributed by atoms with Gasteiger partial charge in [-0.25, -0.2) is 4.39 Å². The summed E-state index contributed by atoms with van der Waals surface area (Å²) < 4.78 is 13.3. The summed E-state index contributed by atoms with van der Waals surface area (Å²) >= 11 is 0. The Kier molecular flexibility index (Phi) is 1.43. The van der Waals surface area contributed by atoms with E-state index in [1.165, 1.54) is 0 Å². The van der Waals surface area contributed by atoms with E-state index in [1.807, 2.05) is 26.1 Å². The number of nitrogens with one attached hydrogen (secondary N) is 1. The number of hydrogen-bond acceptors (Lipinski definition) is 0. The van der Waals surface area contributed by atoms with Crippen molar-refractivity contribution < 1.29 is 4.39 Å². The van der Waals surface area contributed by atoms with E-state index >= 15 is 0 Å². The number of aryl methyl sites for hydroxylation is 2. The maximum Gasteiger partial charge on any atom is 0.133 e. The number of H-pyrrole nitrogens is 1. The number of aromatic amines is 1. The van der Waals surface area contributed by atoms with E-state index in [9.17, 15) is 4.39 Å². The molecule has 0 bridgehead atoms. The molecule has 1 aromatic carbocycles. The van der Waals surface area contributed by atoms with Crippen LogP contribution in [0.15, 0.2) is 18.3 Å². The van der Waals surface area contributed by atoms with Gasteiger partial charge in [0.2, 0.25) is 0 Å². The van der Waals surface area contributed by atoms with Crippen molar-refractivity contribution in [2.75, 3.05) is 0 Å². The number of aromatic nitrogens is 1. The molecule has 2 heteroatoms. The lowest BCUT2D eigenvalue weighted by Crippen LogP contribution is -1.80. The third kappa shape index (κ3) is 0.916. The largest absolute Gasteiger partial charge is 0.361 e. The molecule has 1 N–H and O–H groups in total. The predicted molar refractivity (Wildman–Crippen MR) is 47.7 cm³/mol. The van der Waals surface area contributed by atoms with Crippen molar-refractivity contribution in [3.05, 3.63) is 35.3 Å². The summed E-state index contributed by atoms with van der Waals surface area (Å²) in [6.45, 7) is 3.79. The van der Waals surface area contributed by atoms with Gasteiger partial charge in [0.05, 0.1) is 0 Å². The third-order valence-electron chi connectivity index (χ3n) is 2.07. The van der Waals surface area contributed by atoms with Gasteiger partial charge in [0.1, 0.15) is 5.82 Å². The summed E-state index contributed by atoms with van der Waals surface area (Å²) in [5, 5.41) is 0.709. The quantitative estimate of drug-likeness (QED) is 0.614. The van der Waals surface area contributed by atoms with Crippen LogP contribution in [0.4, 0.5) is 4.39 Å². The lowest BCUT2D eigenvalue weighted by molar-refractivity contribution is 0.638. The Labute approximate surface area is 70.2 Å². The van der Waals surface area contributed by atoms with Gasteiger partial charge in [-0.2, -0.15) is 0 Å². The summed E-state index contributed by atoms with van der Waals surface area (Å²) in [4.78, 5) is 3.03. The smallest absolute Gasteiger partial charge is 0.133 e. The first-order valence-electron chi connectivity index (χ1n) is 3.92. The van der Waals surface area contributed by atoms with Crippen molar-refractivity contribution in [2.24, 2.45) is 0 Å². The van der Waals surface area contributed by atoms with Crippen LogP contribution in [0.1, 0.15) is 11.1 Å². The van der Waals surface area contributed by atoms with Crippen molar-refractivity contribution in [2.45, 2.75) is 13.8 Å². The van der Waals surface area contributed by atoms with Crippen LogP contribution < -0.4 is 0 Å². The number of halogens is 1. The van der Waals surface area contributed by atoms with Crippen molar-refractivity contribution in [3.8, 4) is 0 Å². The van der Waals surface area contributed by atoms with Crippen LogP contribution in [-0.4, -0.2) is 4.98 Å². The Bertz CT molecular complexity index is 429. The molecule has 2 aromatic rings. The average molecular weight is 163 g/mol. The Morgan fingerprint density at radius 1 is 1.25 bits per heavy atom.